The maximum atomic E-state index is 14.7. The summed E-state index contributed by atoms with van der Waals surface area (Å²) in [6.07, 6.45) is 0.867. The van der Waals surface area contributed by atoms with Crippen molar-refractivity contribution in [3.63, 3.8) is 0 Å². The topological polar surface area (TPSA) is 75.7 Å². The molecule has 162 valence electrons. The molecule has 2 aromatic carbocycles. The Kier molecular flexibility index (Phi) is 6.72. The molecule has 9 heteroatoms. The van der Waals surface area contributed by atoms with Crippen LogP contribution in [-0.2, 0) is 21.3 Å². The van der Waals surface area contributed by atoms with Crippen LogP contribution in [0.2, 0.25) is 0 Å². The molecule has 1 aliphatic heterocycles. The van der Waals surface area contributed by atoms with E-state index in [2.05, 4.69) is 10.1 Å². The van der Waals surface area contributed by atoms with Gasteiger partial charge in [0.1, 0.15) is 11.6 Å². The number of esters is 1. The molecule has 0 saturated carbocycles. The van der Waals surface area contributed by atoms with Crippen molar-refractivity contribution in [2.75, 3.05) is 24.5 Å². The van der Waals surface area contributed by atoms with Gasteiger partial charge in [-0.15, -0.1) is 0 Å². The molecule has 30 heavy (non-hydrogen) atoms. The van der Waals surface area contributed by atoms with Crippen molar-refractivity contribution in [2.45, 2.75) is 31.6 Å². The molecular weight excluding hydrogens is 414 g/mol. The highest BCUT2D eigenvalue weighted by Gasteiger charge is 2.34. The fraction of sp³-hybridized carbons (Fsp3) is 0.381. The minimum Gasteiger partial charge on any atom is -0.465 e. The van der Waals surface area contributed by atoms with Crippen LogP contribution in [0.5, 0.6) is 0 Å². The molecule has 0 aromatic heterocycles. The molecule has 6 nitrogen and oxygen atoms in total. The zero-order valence-corrected chi connectivity index (χ0v) is 17.6. The summed E-state index contributed by atoms with van der Waals surface area (Å²) in [7, 11) is -2.65. The van der Waals surface area contributed by atoms with Gasteiger partial charge in [0.15, 0.2) is 0 Å². The van der Waals surface area contributed by atoms with Gasteiger partial charge in [-0.05, 0) is 68.8 Å². The number of sulfonamides is 1. The van der Waals surface area contributed by atoms with E-state index < -0.39 is 32.9 Å². The van der Waals surface area contributed by atoms with Crippen LogP contribution in [-0.4, -0.2) is 39.8 Å². The number of nitrogens with one attached hydrogen (secondary N) is 1. The summed E-state index contributed by atoms with van der Waals surface area (Å²) in [5.41, 5.74) is 0.690. The standard InChI is InChI=1S/C21H24F2N2O4S/c1-14-11-17(5-6-19(14)22)25(30(27,28)18-7-9-24-10-8-18)13-16-4-3-15(12-20(16)23)21(26)29-2/h3-6,11-12,18,24H,7-10,13H2,1-2H3. The summed E-state index contributed by atoms with van der Waals surface area (Å²) >= 11 is 0. The molecule has 1 saturated heterocycles. The lowest BCUT2D eigenvalue weighted by Gasteiger charge is -2.32. The van der Waals surface area contributed by atoms with Crippen LogP contribution in [0.15, 0.2) is 36.4 Å². The molecule has 2 aromatic rings. The van der Waals surface area contributed by atoms with Crippen LogP contribution in [0.1, 0.15) is 34.3 Å². The number of ether oxygens (including phenoxy) is 1. The number of halogens is 2. The number of carbonyl (C=O) groups excluding carboxylic acids is 1. The monoisotopic (exact) mass is 438 g/mol. The third-order valence-corrected chi connectivity index (χ3v) is 7.50. The first-order valence-corrected chi connectivity index (χ1v) is 11.1. The highest BCUT2D eigenvalue weighted by Crippen LogP contribution is 2.29. The van der Waals surface area contributed by atoms with Gasteiger partial charge in [0, 0.05) is 5.56 Å². The number of methoxy groups -OCH3 is 1. The van der Waals surface area contributed by atoms with E-state index in [1.54, 1.807) is 6.92 Å². The number of hydrogen-bond acceptors (Lipinski definition) is 5. The number of hydrogen-bond donors (Lipinski definition) is 1. The van der Waals surface area contributed by atoms with Gasteiger partial charge in [-0.3, -0.25) is 4.31 Å². The Hall–Kier alpha value is -2.52. The van der Waals surface area contributed by atoms with Crippen LogP contribution in [0.3, 0.4) is 0 Å². The van der Waals surface area contributed by atoms with E-state index in [1.165, 1.54) is 37.4 Å². The van der Waals surface area contributed by atoms with Crippen LogP contribution >= 0.6 is 0 Å². The summed E-state index contributed by atoms with van der Waals surface area (Å²) in [6, 6.07) is 7.79. The molecule has 0 bridgehead atoms. The second-order valence-electron chi connectivity index (χ2n) is 7.23. The number of anilines is 1. The van der Waals surface area contributed by atoms with Crippen molar-refractivity contribution < 1.29 is 26.7 Å². The highest BCUT2D eigenvalue weighted by atomic mass is 32.2. The Morgan fingerprint density at radius 3 is 2.43 bits per heavy atom. The molecule has 0 unspecified atom stereocenters. The largest absolute Gasteiger partial charge is 0.465 e. The van der Waals surface area contributed by atoms with E-state index in [1.807, 2.05) is 0 Å². The third kappa shape index (κ3) is 4.62. The predicted octanol–water partition coefficient (Wildman–Crippen LogP) is 3.15. The SMILES string of the molecule is COC(=O)c1ccc(CN(c2ccc(F)c(C)c2)S(=O)(=O)C2CCNCC2)c(F)c1. The van der Waals surface area contributed by atoms with Gasteiger partial charge in [-0.1, -0.05) is 6.07 Å². The first kappa shape index (κ1) is 22.2. The second-order valence-corrected chi connectivity index (χ2v) is 9.37. The van der Waals surface area contributed by atoms with Crippen LogP contribution < -0.4 is 9.62 Å². The maximum Gasteiger partial charge on any atom is 0.337 e. The molecule has 0 aliphatic carbocycles. The van der Waals surface area contributed by atoms with Crippen LogP contribution in [0.25, 0.3) is 0 Å². The molecule has 0 atom stereocenters. The Morgan fingerprint density at radius 2 is 1.83 bits per heavy atom. The van der Waals surface area contributed by atoms with E-state index in [0.29, 0.717) is 31.5 Å². The lowest BCUT2D eigenvalue weighted by Crippen LogP contribution is -2.44. The van der Waals surface area contributed by atoms with Crippen molar-refractivity contribution in [3.05, 3.63) is 64.7 Å². The third-order valence-electron chi connectivity index (χ3n) is 5.23. The number of piperidine rings is 1. The van der Waals surface area contributed by atoms with Crippen LogP contribution in [0, 0.1) is 18.6 Å². The van der Waals surface area contributed by atoms with Crippen molar-refractivity contribution >= 4 is 21.7 Å². The zero-order valence-electron chi connectivity index (χ0n) is 16.8. The first-order valence-electron chi connectivity index (χ1n) is 9.59. The Labute approximate surface area is 174 Å². The quantitative estimate of drug-likeness (QED) is 0.702. The Balaban J connectivity index is 2.01. The summed E-state index contributed by atoms with van der Waals surface area (Å²) in [5, 5.41) is 2.50. The molecule has 0 radical (unpaired) electrons. The normalized spacial score (nSPS) is 15.1. The van der Waals surface area contributed by atoms with Crippen molar-refractivity contribution in [1.29, 1.82) is 0 Å². The average molecular weight is 438 g/mol. The number of rotatable bonds is 6. The Morgan fingerprint density at radius 1 is 1.13 bits per heavy atom. The molecule has 0 spiro atoms. The molecule has 1 heterocycles. The molecule has 1 fully saturated rings. The van der Waals surface area contributed by atoms with E-state index in [0.717, 1.165) is 10.4 Å². The van der Waals surface area contributed by atoms with Gasteiger partial charge in [0.25, 0.3) is 0 Å². The zero-order chi connectivity index (χ0) is 21.9. The van der Waals surface area contributed by atoms with Crippen molar-refractivity contribution in [3.8, 4) is 0 Å². The molecule has 3 rings (SSSR count). The first-order chi connectivity index (χ1) is 14.2. The number of aryl methyl sites for hydroxylation is 1. The molecular formula is C21H24F2N2O4S. The van der Waals surface area contributed by atoms with E-state index in [9.17, 15) is 22.0 Å². The van der Waals surface area contributed by atoms with E-state index in [4.69, 9.17) is 0 Å². The van der Waals surface area contributed by atoms with Gasteiger partial charge >= 0.3 is 5.97 Å². The fourth-order valence-electron chi connectivity index (χ4n) is 3.46. The fourth-order valence-corrected chi connectivity index (χ4v) is 5.38. The van der Waals surface area contributed by atoms with E-state index >= 15 is 0 Å². The summed E-state index contributed by atoms with van der Waals surface area (Å²) in [6.45, 7) is 2.41. The number of nitrogens with zero attached hydrogens (tertiary/aromatic N) is 1. The van der Waals surface area contributed by atoms with Gasteiger partial charge in [-0.25, -0.2) is 22.0 Å². The number of carbonyl (C=O) groups is 1. The minimum absolute atomic E-state index is 0.0316. The molecule has 1 N–H and O–H groups in total. The second kappa shape index (κ2) is 9.09. The van der Waals surface area contributed by atoms with Crippen molar-refractivity contribution in [2.24, 2.45) is 0 Å². The summed E-state index contributed by atoms with van der Waals surface area (Å²) < 4.78 is 61.0. The minimum atomic E-state index is -3.84. The molecule has 0 amide bonds. The lowest BCUT2D eigenvalue weighted by molar-refractivity contribution is 0.0600. The van der Waals surface area contributed by atoms with Gasteiger partial charge in [0.2, 0.25) is 10.0 Å². The van der Waals surface area contributed by atoms with Gasteiger partial charge in [-0.2, -0.15) is 0 Å². The predicted molar refractivity (Wildman–Crippen MR) is 110 cm³/mol. The average Bonchev–Trinajstić information content (AvgIpc) is 2.74. The molecule has 1 aliphatic rings. The Bertz CT molecular complexity index is 1040. The van der Waals surface area contributed by atoms with Crippen LogP contribution in [0.4, 0.5) is 14.5 Å². The van der Waals surface area contributed by atoms with Crippen molar-refractivity contribution in [1.82, 2.24) is 5.32 Å². The highest BCUT2D eigenvalue weighted by molar-refractivity contribution is 7.93. The lowest BCUT2D eigenvalue weighted by atomic mass is 10.1. The van der Waals surface area contributed by atoms with Gasteiger partial charge in [0.05, 0.1) is 30.2 Å². The summed E-state index contributed by atoms with van der Waals surface area (Å²) in [5.74, 6) is -1.86. The summed E-state index contributed by atoms with van der Waals surface area (Å²) in [4.78, 5) is 11.6. The van der Waals surface area contributed by atoms with E-state index in [-0.39, 0.29) is 23.4 Å². The maximum absolute atomic E-state index is 14.7. The smallest absolute Gasteiger partial charge is 0.337 e. The number of benzene rings is 2. The van der Waals surface area contributed by atoms with Gasteiger partial charge < -0.3 is 10.1 Å².